The highest BCUT2D eigenvalue weighted by Gasteiger charge is 2.51. The molecule has 0 aromatic rings. The van der Waals surface area contributed by atoms with Crippen LogP contribution < -0.4 is 0 Å². The van der Waals surface area contributed by atoms with Gasteiger partial charge < -0.3 is 20.1 Å². The van der Waals surface area contributed by atoms with Crippen molar-refractivity contribution in [3.05, 3.63) is 24.3 Å². The van der Waals surface area contributed by atoms with Gasteiger partial charge in [-0.25, -0.2) is 0 Å². The number of allylic oxidation sites excluding steroid dienone is 2. The fraction of sp³-hybridized carbons (Fsp3) is 0.773. The first-order valence-corrected chi connectivity index (χ1v) is 10.0. The van der Waals surface area contributed by atoms with Crippen molar-refractivity contribution in [3.8, 4) is 0 Å². The van der Waals surface area contributed by atoms with E-state index in [1.165, 1.54) is 6.92 Å². The van der Waals surface area contributed by atoms with E-state index >= 15 is 0 Å². The molecule has 154 valence electrons. The Kier molecular flexibility index (Phi) is 6.60. The van der Waals surface area contributed by atoms with Crippen molar-refractivity contribution in [3.63, 3.8) is 0 Å². The van der Waals surface area contributed by atoms with Crippen molar-refractivity contribution in [2.24, 2.45) is 23.7 Å². The Morgan fingerprint density at radius 1 is 1.44 bits per heavy atom. The molecular formula is C22H36O5. The monoisotopic (exact) mass is 380 g/mol. The number of hydrogen-bond acceptors (Lipinski definition) is 5. The second-order valence-corrected chi connectivity index (χ2v) is 9.30. The summed E-state index contributed by atoms with van der Waals surface area (Å²) in [4.78, 5) is 11.9. The third-order valence-electron chi connectivity index (χ3n) is 6.49. The van der Waals surface area contributed by atoms with Crippen LogP contribution in [0.4, 0.5) is 0 Å². The van der Waals surface area contributed by atoms with Gasteiger partial charge in [0.15, 0.2) is 0 Å². The van der Waals surface area contributed by atoms with Crippen LogP contribution in [0.2, 0.25) is 0 Å². The van der Waals surface area contributed by atoms with Gasteiger partial charge in [0.25, 0.3) is 0 Å². The Labute approximate surface area is 163 Å². The molecule has 0 bridgehead atoms. The quantitative estimate of drug-likeness (QED) is 0.487. The minimum Gasteiger partial charge on any atom is -0.462 e. The Morgan fingerprint density at radius 3 is 2.63 bits per heavy atom. The van der Waals surface area contributed by atoms with Crippen molar-refractivity contribution in [1.82, 2.24) is 0 Å². The molecule has 3 N–H and O–H groups in total. The lowest BCUT2D eigenvalue weighted by Crippen LogP contribution is -2.47. The summed E-state index contributed by atoms with van der Waals surface area (Å²) in [5.74, 6) is -0.371. The number of aliphatic hydroxyl groups is 3. The first kappa shape index (κ1) is 22.1. The second-order valence-electron chi connectivity index (χ2n) is 9.30. The van der Waals surface area contributed by atoms with Gasteiger partial charge in [-0.1, -0.05) is 31.2 Å². The molecule has 27 heavy (non-hydrogen) atoms. The number of esters is 1. The molecule has 1 saturated carbocycles. The van der Waals surface area contributed by atoms with E-state index in [-0.39, 0.29) is 29.6 Å². The van der Waals surface area contributed by atoms with Crippen molar-refractivity contribution >= 4 is 5.97 Å². The molecule has 5 heteroatoms. The number of carbonyl (C=O) groups is 1. The molecule has 3 unspecified atom stereocenters. The maximum absolute atomic E-state index is 11.9. The summed E-state index contributed by atoms with van der Waals surface area (Å²) in [6, 6.07) is 0. The molecule has 7 atom stereocenters. The second kappa shape index (κ2) is 8.06. The van der Waals surface area contributed by atoms with Gasteiger partial charge in [0, 0.05) is 18.8 Å². The van der Waals surface area contributed by atoms with Crippen molar-refractivity contribution in [2.45, 2.75) is 83.7 Å². The van der Waals surface area contributed by atoms with Crippen molar-refractivity contribution in [1.29, 1.82) is 0 Å². The van der Waals surface area contributed by atoms with E-state index in [0.717, 1.165) is 18.4 Å². The highest BCUT2D eigenvalue weighted by atomic mass is 16.5. The molecule has 0 aromatic heterocycles. The third-order valence-corrected chi connectivity index (χ3v) is 6.49. The van der Waals surface area contributed by atoms with Crippen LogP contribution in [0.1, 0.15) is 60.3 Å². The highest BCUT2D eigenvalue weighted by Crippen LogP contribution is 2.49. The largest absolute Gasteiger partial charge is 0.462 e. The summed E-state index contributed by atoms with van der Waals surface area (Å²) in [7, 11) is 0. The zero-order valence-corrected chi connectivity index (χ0v) is 17.3. The summed E-state index contributed by atoms with van der Waals surface area (Å²) in [5, 5.41) is 31.1. The number of fused-ring (bicyclic) bond motifs is 1. The molecule has 2 rings (SSSR count). The first-order chi connectivity index (χ1) is 12.3. The van der Waals surface area contributed by atoms with E-state index in [2.05, 4.69) is 13.5 Å². The van der Waals surface area contributed by atoms with Crippen LogP contribution >= 0.6 is 0 Å². The van der Waals surface area contributed by atoms with Crippen LogP contribution in [0.15, 0.2) is 24.3 Å². The number of ether oxygens (including phenoxy) is 1. The summed E-state index contributed by atoms with van der Waals surface area (Å²) in [6.07, 6.45) is 5.40. The van der Waals surface area contributed by atoms with Gasteiger partial charge in [0.1, 0.15) is 6.10 Å². The minimum atomic E-state index is -1.14. The average Bonchev–Trinajstić information content (AvgIpc) is 2.77. The lowest BCUT2D eigenvalue weighted by molar-refractivity contribution is -0.160. The molecule has 0 amide bonds. The number of rotatable bonds is 6. The fourth-order valence-electron chi connectivity index (χ4n) is 4.72. The zero-order chi connectivity index (χ0) is 20.6. The van der Waals surface area contributed by atoms with E-state index in [4.69, 9.17) is 4.74 Å². The van der Waals surface area contributed by atoms with E-state index in [1.54, 1.807) is 26.8 Å². The van der Waals surface area contributed by atoms with Crippen LogP contribution in [-0.2, 0) is 9.53 Å². The summed E-state index contributed by atoms with van der Waals surface area (Å²) >= 11 is 0. The maximum atomic E-state index is 11.9. The van der Waals surface area contributed by atoms with Crippen molar-refractivity contribution < 1.29 is 24.9 Å². The third kappa shape index (κ3) is 5.01. The lowest BCUT2D eigenvalue weighted by Gasteiger charge is -2.40. The normalized spacial score (nSPS) is 36.1. The van der Waals surface area contributed by atoms with E-state index in [0.29, 0.717) is 12.8 Å². The van der Waals surface area contributed by atoms with Crippen LogP contribution in [0, 0.1) is 23.7 Å². The predicted octanol–water partition coefficient (Wildman–Crippen LogP) is 2.99. The van der Waals surface area contributed by atoms with Gasteiger partial charge in [-0.2, -0.15) is 0 Å². The Morgan fingerprint density at radius 2 is 2.07 bits per heavy atom. The Balaban J connectivity index is 2.24. The summed E-state index contributed by atoms with van der Waals surface area (Å²) < 4.78 is 5.78. The smallest absolute Gasteiger partial charge is 0.302 e. The van der Waals surface area contributed by atoms with Crippen LogP contribution in [0.5, 0.6) is 0 Å². The topological polar surface area (TPSA) is 87.0 Å². The Bertz CT molecular complexity index is 586. The van der Waals surface area contributed by atoms with Crippen molar-refractivity contribution in [2.75, 3.05) is 0 Å². The molecule has 0 spiro atoms. The number of hydrogen-bond donors (Lipinski definition) is 3. The average molecular weight is 381 g/mol. The maximum Gasteiger partial charge on any atom is 0.302 e. The Hall–Kier alpha value is -1.17. The summed E-state index contributed by atoms with van der Waals surface area (Å²) in [6.45, 7) is 12.7. The zero-order valence-electron chi connectivity index (χ0n) is 17.3. The van der Waals surface area contributed by atoms with Gasteiger partial charge in [-0.15, -0.1) is 0 Å². The molecular weight excluding hydrogens is 344 g/mol. The number of aliphatic hydroxyl groups excluding tert-OH is 1. The molecule has 2 aliphatic carbocycles. The van der Waals surface area contributed by atoms with Gasteiger partial charge in [0.05, 0.1) is 17.3 Å². The SMILES string of the molecule is C=C1CCC([C@H](C)CCC(O)C(C)(C)O)[C@@H](OC(C)=O)[C@H]2C1C=C[C@@]2(C)O. The highest BCUT2D eigenvalue weighted by molar-refractivity contribution is 5.66. The molecule has 1 fully saturated rings. The minimum absolute atomic E-state index is 0.00326. The van der Waals surface area contributed by atoms with E-state index in [1.807, 2.05) is 6.08 Å². The molecule has 0 heterocycles. The number of carbonyl (C=O) groups excluding carboxylic acids is 1. The van der Waals surface area contributed by atoms with E-state index in [9.17, 15) is 20.1 Å². The molecule has 5 nitrogen and oxygen atoms in total. The van der Waals surface area contributed by atoms with Gasteiger partial charge >= 0.3 is 5.97 Å². The fourth-order valence-corrected chi connectivity index (χ4v) is 4.72. The summed E-state index contributed by atoms with van der Waals surface area (Å²) in [5.41, 5.74) is -1.13. The predicted molar refractivity (Wildman–Crippen MR) is 105 cm³/mol. The lowest BCUT2D eigenvalue weighted by atomic mass is 9.73. The molecule has 0 saturated heterocycles. The molecule has 0 aliphatic heterocycles. The van der Waals surface area contributed by atoms with Gasteiger partial charge in [-0.05, 0) is 58.3 Å². The van der Waals surface area contributed by atoms with Crippen LogP contribution in [-0.4, -0.2) is 44.7 Å². The first-order valence-electron chi connectivity index (χ1n) is 10.0. The van der Waals surface area contributed by atoms with Gasteiger partial charge in [-0.3, -0.25) is 4.79 Å². The van der Waals surface area contributed by atoms with E-state index < -0.39 is 23.4 Å². The molecule has 0 aromatic carbocycles. The standard InChI is InChI=1S/C22H36O5/c1-13-7-9-17(14(2)8-10-18(24)21(4,5)25)20(27-15(3)23)19-16(13)11-12-22(19,6)26/h11-12,14,16-20,24-26H,1,7-10H2,2-6H3/t14-,16?,17?,18?,19-,20-,22-/m1/s1. The van der Waals surface area contributed by atoms with Crippen LogP contribution in [0.3, 0.4) is 0 Å². The van der Waals surface area contributed by atoms with Gasteiger partial charge in [0.2, 0.25) is 0 Å². The molecule has 2 aliphatic rings. The molecule has 0 radical (unpaired) electrons. The van der Waals surface area contributed by atoms with Crippen LogP contribution in [0.25, 0.3) is 0 Å².